The molecule has 94 valence electrons. The lowest BCUT2D eigenvalue weighted by atomic mass is 10.2. The number of carboxylic acids is 1. The van der Waals surface area contributed by atoms with Gasteiger partial charge in [-0.1, -0.05) is 12.1 Å². The van der Waals surface area contributed by atoms with Crippen molar-refractivity contribution >= 4 is 11.7 Å². The molecule has 0 amide bonds. The van der Waals surface area contributed by atoms with Gasteiger partial charge in [-0.15, -0.1) is 0 Å². The number of aryl methyl sites for hydroxylation is 1. The maximum absolute atomic E-state index is 13.5. The van der Waals surface area contributed by atoms with E-state index < -0.39 is 5.97 Å². The maximum atomic E-state index is 13.5. The van der Waals surface area contributed by atoms with Gasteiger partial charge < -0.3 is 14.8 Å². The quantitative estimate of drug-likeness (QED) is 0.874. The van der Waals surface area contributed by atoms with Gasteiger partial charge in [0.25, 0.3) is 0 Å². The van der Waals surface area contributed by atoms with Gasteiger partial charge in [-0.3, -0.25) is 0 Å². The summed E-state index contributed by atoms with van der Waals surface area (Å²) in [6, 6.07) is 6.19. The summed E-state index contributed by atoms with van der Waals surface area (Å²) >= 11 is 0. The first-order chi connectivity index (χ1) is 8.58. The van der Waals surface area contributed by atoms with Crippen LogP contribution in [0, 0.1) is 12.7 Å². The molecule has 0 aliphatic carbocycles. The van der Waals surface area contributed by atoms with Crippen molar-refractivity contribution in [1.29, 1.82) is 0 Å². The summed E-state index contributed by atoms with van der Waals surface area (Å²) in [6.45, 7) is 2.02. The van der Waals surface area contributed by atoms with Gasteiger partial charge in [-0.25, -0.2) is 9.18 Å². The van der Waals surface area contributed by atoms with E-state index in [2.05, 4.69) is 5.32 Å². The first-order valence-corrected chi connectivity index (χ1v) is 5.37. The number of hydrogen-bond acceptors (Lipinski definition) is 3. The second-order valence-electron chi connectivity index (χ2n) is 3.89. The fourth-order valence-electron chi connectivity index (χ4n) is 1.62. The zero-order valence-corrected chi connectivity index (χ0v) is 9.74. The minimum atomic E-state index is -1.05. The minimum Gasteiger partial charge on any atom is -0.478 e. The van der Waals surface area contributed by atoms with Crippen LogP contribution in [-0.2, 0) is 6.54 Å². The maximum Gasteiger partial charge on any atom is 0.338 e. The van der Waals surface area contributed by atoms with Crippen LogP contribution in [0.2, 0.25) is 0 Å². The highest BCUT2D eigenvalue weighted by atomic mass is 19.1. The lowest BCUT2D eigenvalue weighted by molar-refractivity contribution is 0.0696. The average Bonchev–Trinajstić information content (AvgIpc) is 2.77. The van der Waals surface area contributed by atoms with Gasteiger partial charge in [0.15, 0.2) is 0 Å². The predicted molar refractivity (Wildman–Crippen MR) is 64.1 cm³/mol. The topological polar surface area (TPSA) is 62.5 Å². The van der Waals surface area contributed by atoms with Crippen LogP contribution in [0.5, 0.6) is 0 Å². The van der Waals surface area contributed by atoms with Crippen molar-refractivity contribution < 1.29 is 18.7 Å². The van der Waals surface area contributed by atoms with Crippen LogP contribution in [-0.4, -0.2) is 11.1 Å². The Balaban J connectivity index is 2.09. The van der Waals surface area contributed by atoms with Crippen molar-refractivity contribution in [3.63, 3.8) is 0 Å². The smallest absolute Gasteiger partial charge is 0.338 e. The molecule has 0 fully saturated rings. The van der Waals surface area contributed by atoms with Crippen molar-refractivity contribution in [3.05, 3.63) is 53.2 Å². The van der Waals surface area contributed by atoms with Crippen LogP contribution in [0.3, 0.4) is 0 Å². The Morgan fingerprint density at radius 2 is 2.28 bits per heavy atom. The molecule has 4 nitrogen and oxygen atoms in total. The SMILES string of the molecule is Cc1cccc(F)c1NCc1cc(C(=O)O)co1. The van der Waals surface area contributed by atoms with Gasteiger partial charge in [0.05, 0.1) is 17.8 Å². The summed E-state index contributed by atoms with van der Waals surface area (Å²) in [7, 11) is 0. The van der Waals surface area contributed by atoms with E-state index >= 15 is 0 Å². The standard InChI is InChI=1S/C13H12FNO3/c1-8-3-2-4-11(14)12(8)15-6-10-5-9(7-18-10)13(16)17/h2-5,7,15H,6H2,1H3,(H,16,17). The van der Waals surface area contributed by atoms with E-state index in [9.17, 15) is 9.18 Å². The monoisotopic (exact) mass is 249 g/mol. The zero-order chi connectivity index (χ0) is 13.1. The third-order valence-electron chi connectivity index (χ3n) is 2.56. The van der Waals surface area contributed by atoms with E-state index in [1.165, 1.54) is 12.1 Å². The van der Waals surface area contributed by atoms with Gasteiger partial charge in [0.2, 0.25) is 0 Å². The van der Waals surface area contributed by atoms with Crippen LogP contribution in [0.25, 0.3) is 0 Å². The summed E-state index contributed by atoms with van der Waals surface area (Å²) < 4.78 is 18.6. The van der Waals surface area contributed by atoms with Crippen molar-refractivity contribution in [2.75, 3.05) is 5.32 Å². The van der Waals surface area contributed by atoms with E-state index in [4.69, 9.17) is 9.52 Å². The van der Waals surface area contributed by atoms with E-state index in [0.717, 1.165) is 11.8 Å². The normalized spacial score (nSPS) is 10.3. The first-order valence-electron chi connectivity index (χ1n) is 5.37. The van der Waals surface area contributed by atoms with E-state index in [1.54, 1.807) is 19.1 Å². The van der Waals surface area contributed by atoms with Crippen molar-refractivity contribution in [2.45, 2.75) is 13.5 Å². The molecule has 0 atom stereocenters. The molecule has 0 bridgehead atoms. The number of para-hydroxylation sites is 1. The molecule has 0 radical (unpaired) electrons. The van der Waals surface area contributed by atoms with Gasteiger partial charge in [0.1, 0.15) is 17.8 Å². The Hall–Kier alpha value is -2.30. The van der Waals surface area contributed by atoms with Crippen molar-refractivity contribution in [1.82, 2.24) is 0 Å². The molecule has 2 N–H and O–H groups in total. The van der Waals surface area contributed by atoms with E-state index in [-0.39, 0.29) is 17.9 Å². The summed E-state index contributed by atoms with van der Waals surface area (Å²) in [6.07, 6.45) is 1.16. The Morgan fingerprint density at radius 1 is 1.50 bits per heavy atom. The van der Waals surface area contributed by atoms with Crippen LogP contribution in [0.4, 0.5) is 10.1 Å². The molecule has 0 spiro atoms. The highest BCUT2D eigenvalue weighted by molar-refractivity contribution is 5.87. The molecule has 0 aliphatic rings. The lowest BCUT2D eigenvalue weighted by Gasteiger charge is -2.08. The van der Waals surface area contributed by atoms with E-state index in [0.29, 0.717) is 11.4 Å². The number of aromatic carboxylic acids is 1. The average molecular weight is 249 g/mol. The summed E-state index contributed by atoms with van der Waals surface area (Å²) in [5, 5.41) is 11.6. The zero-order valence-electron chi connectivity index (χ0n) is 9.74. The van der Waals surface area contributed by atoms with Crippen LogP contribution < -0.4 is 5.32 Å². The molecule has 0 saturated heterocycles. The van der Waals surface area contributed by atoms with Gasteiger partial charge >= 0.3 is 5.97 Å². The summed E-state index contributed by atoms with van der Waals surface area (Å²) in [4.78, 5) is 10.7. The molecule has 2 rings (SSSR count). The number of anilines is 1. The fourth-order valence-corrected chi connectivity index (χ4v) is 1.62. The predicted octanol–water partition coefficient (Wildman–Crippen LogP) is 3.04. The fraction of sp³-hybridized carbons (Fsp3) is 0.154. The highest BCUT2D eigenvalue weighted by Crippen LogP contribution is 2.20. The largest absolute Gasteiger partial charge is 0.478 e. The molecular formula is C13H12FNO3. The number of benzene rings is 1. The summed E-state index contributed by atoms with van der Waals surface area (Å²) in [5.74, 6) is -0.956. The number of nitrogens with one attached hydrogen (secondary N) is 1. The number of furan rings is 1. The molecule has 18 heavy (non-hydrogen) atoms. The highest BCUT2D eigenvalue weighted by Gasteiger charge is 2.09. The van der Waals surface area contributed by atoms with Crippen LogP contribution in [0.1, 0.15) is 21.7 Å². The number of carboxylic acid groups (broad SMARTS) is 1. The Kier molecular flexibility index (Phi) is 3.32. The molecule has 0 aliphatic heterocycles. The molecule has 1 aromatic carbocycles. The molecule has 0 saturated carbocycles. The van der Waals surface area contributed by atoms with Gasteiger partial charge in [-0.05, 0) is 24.6 Å². The lowest BCUT2D eigenvalue weighted by Crippen LogP contribution is -2.02. The molecule has 2 aromatic rings. The third-order valence-corrected chi connectivity index (χ3v) is 2.56. The molecule has 1 heterocycles. The molecular weight excluding hydrogens is 237 g/mol. The van der Waals surface area contributed by atoms with Crippen molar-refractivity contribution in [2.24, 2.45) is 0 Å². The Bertz CT molecular complexity index is 557. The molecule has 0 unspecified atom stereocenters. The molecule has 1 aromatic heterocycles. The Labute approximate surface area is 103 Å². The third kappa shape index (κ3) is 2.51. The number of hydrogen-bond donors (Lipinski definition) is 2. The summed E-state index contributed by atoms with van der Waals surface area (Å²) in [5.41, 5.74) is 1.25. The van der Waals surface area contributed by atoms with Crippen LogP contribution in [0.15, 0.2) is 34.9 Å². The van der Waals surface area contributed by atoms with Crippen molar-refractivity contribution in [3.8, 4) is 0 Å². The minimum absolute atomic E-state index is 0.0806. The van der Waals surface area contributed by atoms with Gasteiger partial charge in [0, 0.05) is 0 Å². The second-order valence-corrected chi connectivity index (χ2v) is 3.89. The van der Waals surface area contributed by atoms with Gasteiger partial charge in [-0.2, -0.15) is 0 Å². The number of carbonyl (C=O) groups is 1. The van der Waals surface area contributed by atoms with E-state index in [1.807, 2.05) is 0 Å². The first kappa shape index (κ1) is 12.2. The number of halogens is 1. The Morgan fingerprint density at radius 3 is 2.89 bits per heavy atom. The molecule has 5 heteroatoms. The van der Waals surface area contributed by atoms with Crippen LogP contribution >= 0.6 is 0 Å². The second kappa shape index (κ2) is 4.91. The number of rotatable bonds is 4.